The van der Waals surface area contributed by atoms with E-state index >= 15 is 0 Å². The molecule has 0 spiro atoms. The van der Waals surface area contributed by atoms with Gasteiger partial charge in [-0.3, -0.25) is 9.78 Å². The van der Waals surface area contributed by atoms with Crippen LogP contribution in [-0.2, 0) is 4.79 Å². The first-order valence-corrected chi connectivity index (χ1v) is 8.68. The maximum Gasteiger partial charge on any atom is 0.243 e. The summed E-state index contributed by atoms with van der Waals surface area (Å²) in [5, 5.41) is 8.57. The second-order valence-corrected chi connectivity index (χ2v) is 6.50. The van der Waals surface area contributed by atoms with Crippen molar-refractivity contribution in [2.24, 2.45) is 0 Å². The van der Waals surface area contributed by atoms with Crippen LogP contribution in [0.5, 0.6) is 0 Å². The first kappa shape index (κ1) is 15.0. The minimum absolute atomic E-state index is 0.00677. The maximum absolute atomic E-state index is 12.0. The van der Waals surface area contributed by atoms with E-state index in [4.69, 9.17) is 0 Å². The Morgan fingerprint density at radius 2 is 1.96 bits per heavy atom. The van der Waals surface area contributed by atoms with Crippen molar-refractivity contribution in [3.8, 4) is 22.4 Å². The summed E-state index contributed by atoms with van der Waals surface area (Å²) in [7, 11) is 0. The summed E-state index contributed by atoms with van der Waals surface area (Å²) in [6.45, 7) is 0.906. The fourth-order valence-electron chi connectivity index (χ4n) is 2.57. The van der Waals surface area contributed by atoms with Crippen LogP contribution >= 0.6 is 11.3 Å². The third-order valence-corrected chi connectivity index (χ3v) is 4.80. The molecule has 1 aliphatic heterocycles. The third kappa shape index (κ3) is 3.06. The van der Waals surface area contributed by atoms with Gasteiger partial charge >= 0.3 is 0 Å². The topological polar surface area (TPSA) is 66.9 Å². The van der Waals surface area contributed by atoms with E-state index in [-0.39, 0.29) is 11.9 Å². The quantitative estimate of drug-likeness (QED) is 0.768. The second-order valence-electron chi connectivity index (χ2n) is 5.64. The van der Waals surface area contributed by atoms with Gasteiger partial charge in [-0.05, 0) is 42.3 Å². The molecule has 120 valence electrons. The molecule has 1 saturated heterocycles. The van der Waals surface area contributed by atoms with Crippen LogP contribution in [0.2, 0.25) is 0 Å². The van der Waals surface area contributed by atoms with Gasteiger partial charge in [-0.15, -0.1) is 11.3 Å². The standard InChI is InChI=1S/C18H16N4OS/c23-17(15-6-9-20-15)22-18-21-16(11-24-18)14-3-1-2-13(10-14)12-4-7-19-8-5-12/h1-5,7-8,10-11,15,20H,6,9H2,(H,21,22,23)/t15-/m0/s1. The highest BCUT2D eigenvalue weighted by Crippen LogP contribution is 2.28. The summed E-state index contributed by atoms with van der Waals surface area (Å²) in [4.78, 5) is 20.6. The molecule has 0 unspecified atom stereocenters. The van der Waals surface area contributed by atoms with Gasteiger partial charge in [0.05, 0.1) is 11.7 Å². The van der Waals surface area contributed by atoms with Crippen molar-refractivity contribution in [1.82, 2.24) is 15.3 Å². The number of anilines is 1. The Labute approximate surface area is 143 Å². The molecule has 6 heteroatoms. The lowest BCUT2D eigenvalue weighted by atomic mass is 10.0. The van der Waals surface area contributed by atoms with E-state index in [2.05, 4.69) is 32.7 Å². The Kier molecular flexibility index (Phi) is 4.06. The van der Waals surface area contributed by atoms with Crippen molar-refractivity contribution < 1.29 is 4.79 Å². The van der Waals surface area contributed by atoms with Crippen molar-refractivity contribution >= 4 is 22.4 Å². The number of carbonyl (C=O) groups excluding carboxylic acids is 1. The van der Waals surface area contributed by atoms with Gasteiger partial charge in [-0.25, -0.2) is 4.98 Å². The Hall–Kier alpha value is -2.57. The van der Waals surface area contributed by atoms with E-state index in [0.29, 0.717) is 5.13 Å². The Balaban J connectivity index is 1.55. The normalized spacial score (nSPS) is 16.4. The van der Waals surface area contributed by atoms with E-state index in [1.54, 1.807) is 12.4 Å². The molecule has 1 aliphatic rings. The predicted molar refractivity (Wildman–Crippen MR) is 95.8 cm³/mol. The van der Waals surface area contributed by atoms with Gasteiger partial charge in [0.1, 0.15) is 0 Å². The van der Waals surface area contributed by atoms with Crippen molar-refractivity contribution in [3.63, 3.8) is 0 Å². The van der Waals surface area contributed by atoms with Gasteiger partial charge in [0.25, 0.3) is 0 Å². The van der Waals surface area contributed by atoms with Gasteiger partial charge in [-0.1, -0.05) is 18.2 Å². The summed E-state index contributed by atoms with van der Waals surface area (Å²) < 4.78 is 0. The highest BCUT2D eigenvalue weighted by molar-refractivity contribution is 7.14. The van der Waals surface area contributed by atoms with Gasteiger partial charge < -0.3 is 10.6 Å². The number of nitrogens with one attached hydrogen (secondary N) is 2. The molecular weight excluding hydrogens is 320 g/mol. The number of thiazole rings is 1. The molecule has 1 amide bonds. The number of carbonyl (C=O) groups is 1. The zero-order chi connectivity index (χ0) is 16.4. The molecule has 3 heterocycles. The number of rotatable bonds is 4. The minimum Gasteiger partial charge on any atom is -0.306 e. The number of hydrogen-bond acceptors (Lipinski definition) is 5. The molecule has 0 bridgehead atoms. The van der Waals surface area contributed by atoms with Crippen LogP contribution in [0.25, 0.3) is 22.4 Å². The Morgan fingerprint density at radius 3 is 2.71 bits per heavy atom. The van der Waals surface area contributed by atoms with Crippen molar-refractivity contribution in [2.75, 3.05) is 11.9 Å². The first-order valence-electron chi connectivity index (χ1n) is 7.80. The van der Waals surface area contributed by atoms with Gasteiger partial charge in [0, 0.05) is 23.3 Å². The molecule has 5 nitrogen and oxygen atoms in total. The summed E-state index contributed by atoms with van der Waals surface area (Å²) >= 11 is 1.45. The number of hydrogen-bond donors (Lipinski definition) is 2. The molecule has 1 atom stereocenters. The van der Waals surface area contributed by atoms with Crippen LogP contribution in [0.3, 0.4) is 0 Å². The molecule has 2 aromatic heterocycles. The monoisotopic (exact) mass is 336 g/mol. The molecule has 3 aromatic rings. The van der Waals surface area contributed by atoms with E-state index in [9.17, 15) is 4.79 Å². The predicted octanol–water partition coefficient (Wildman–Crippen LogP) is 3.17. The van der Waals surface area contributed by atoms with Crippen LogP contribution < -0.4 is 10.6 Å². The molecule has 2 N–H and O–H groups in total. The molecule has 1 fully saturated rings. The lowest BCUT2D eigenvalue weighted by Crippen LogP contribution is -2.50. The highest BCUT2D eigenvalue weighted by atomic mass is 32.1. The van der Waals surface area contributed by atoms with Gasteiger partial charge in [0.2, 0.25) is 5.91 Å². The fourth-order valence-corrected chi connectivity index (χ4v) is 3.29. The summed E-state index contributed by atoms with van der Waals surface area (Å²) in [5.41, 5.74) is 4.13. The lowest BCUT2D eigenvalue weighted by molar-refractivity contribution is -0.119. The molecule has 0 saturated carbocycles. The van der Waals surface area contributed by atoms with Crippen LogP contribution in [0.1, 0.15) is 6.42 Å². The molecule has 24 heavy (non-hydrogen) atoms. The SMILES string of the molecule is O=C(Nc1nc(-c2cccc(-c3ccncc3)c2)cs1)[C@@H]1CCN1. The summed E-state index contributed by atoms with van der Waals surface area (Å²) in [5.74, 6) is -0.00677. The number of pyridine rings is 1. The summed E-state index contributed by atoms with van der Waals surface area (Å²) in [6.07, 6.45) is 4.46. The second kappa shape index (κ2) is 6.51. The maximum atomic E-state index is 12.0. The number of aromatic nitrogens is 2. The van der Waals surface area contributed by atoms with Gasteiger partial charge in [0.15, 0.2) is 5.13 Å². The van der Waals surface area contributed by atoms with Crippen LogP contribution in [0.4, 0.5) is 5.13 Å². The van der Waals surface area contributed by atoms with Crippen molar-refractivity contribution in [1.29, 1.82) is 0 Å². The molecule has 4 rings (SSSR count). The smallest absolute Gasteiger partial charge is 0.243 e. The average molecular weight is 336 g/mol. The van der Waals surface area contributed by atoms with Gasteiger partial charge in [-0.2, -0.15) is 0 Å². The van der Waals surface area contributed by atoms with E-state index in [1.165, 1.54) is 11.3 Å². The zero-order valence-electron chi connectivity index (χ0n) is 12.9. The summed E-state index contributed by atoms with van der Waals surface area (Å²) in [6, 6.07) is 12.1. The highest BCUT2D eigenvalue weighted by Gasteiger charge is 2.25. The van der Waals surface area contributed by atoms with Crippen LogP contribution in [0.15, 0.2) is 54.2 Å². The van der Waals surface area contributed by atoms with E-state index in [1.807, 2.05) is 29.6 Å². The Bertz CT molecular complexity index is 858. The number of amides is 1. The molecule has 0 aliphatic carbocycles. The van der Waals surface area contributed by atoms with Crippen molar-refractivity contribution in [2.45, 2.75) is 12.5 Å². The minimum atomic E-state index is -0.0765. The lowest BCUT2D eigenvalue weighted by Gasteiger charge is -2.25. The largest absolute Gasteiger partial charge is 0.306 e. The zero-order valence-corrected chi connectivity index (χ0v) is 13.7. The average Bonchev–Trinajstić information content (AvgIpc) is 3.02. The van der Waals surface area contributed by atoms with Crippen LogP contribution in [0, 0.1) is 0 Å². The van der Waals surface area contributed by atoms with Crippen molar-refractivity contribution in [3.05, 3.63) is 54.2 Å². The number of benzene rings is 1. The molecular formula is C18H16N4OS. The number of nitrogens with zero attached hydrogens (tertiary/aromatic N) is 2. The third-order valence-electron chi connectivity index (χ3n) is 4.05. The molecule has 1 aromatic carbocycles. The Morgan fingerprint density at radius 1 is 1.17 bits per heavy atom. The fraction of sp³-hybridized carbons (Fsp3) is 0.167. The molecule has 0 radical (unpaired) electrons. The van der Waals surface area contributed by atoms with E-state index in [0.717, 1.165) is 35.3 Å². The first-order chi connectivity index (χ1) is 11.8. The van der Waals surface area contributed by atoms with Crippen LogP contribution in [-0.4, -0.2) is 28.5 Å². The van der Waals surface area contributed by atoms with E-state index < -0.39 is 0 Å².